The van der Waals surface area contributed by atoms with Crippen LogP contribution in [0.15, 0.2) is 36.4 Å². The van der Waals surface area contributed by atoms with E-state index in [1.807, 2.05) is 36.4 Å². The first-order valence-electron chi connectivity index (χ1n) is 5.72. The van der Waals surface area contributed by atoms with Crippen molar-refractivity contribution in [3.05, 3.63) is 42.0 Å². The van der Waals surface area contributed by atoms with Crippen LogP contribution in [-0.2, 0) is 11.2 Å². The molecule has 0 saturated carbocycles. The lowest BCUT2D eigenvalue weighted by atomic mass is 9.99. The number of nitrogen functional groups attached to an aromatic ring is 2. The molecule has 18 heavy (non-hydrogen) atoms. The van der Waals surface area contributed by atoms with Crippen LogP contribution in [0.25, 0.3) is 11.1 Å². The Morgan fingerprint density at radius 1 is 1.00 bits per heavy atom. The van der Waals surface area contributed by atoms with Crippen molar-refractivity contribution in [2.45, 2.75) is 6.42 Å². The molecule has 2 aromatic carbocycles. The number of benzene rings is 2. The van der Waals surface area contributed by atoms with E-state index in [9.17, 15) is 4.79 Å². The van der Waals surface area contributed by atoms with Crippen LogP contribution < -0.4 is 16.8 Å². The second kappa shape index (κ2) is 3.77. The summed E-state index contributed by atoms with van der Waals surface area (Å²) in [7, 11) is 0. The molecular weight excluding hydrogens is 226 g/mol. The molecule has 5 N–H and O–H groups in total. The number of amides is 1. The molecular formula is C14H13N3O. The molecule has 0 aromatic heterocycles. The van der Waals surface area contributed by atoms with E-state index in [1.54, 1.807) is 0 Å². The van der Waals surface area contributed by atoms with Crippen molar-refractivity contribution in [3.63, 3.8) is 0 Å². The standard InChI is InChI=1S/C14H13N3O/c15-9-3-1-8(2-4-9)10-5-6-12(16)11-7-13(18)17-14(10)11/h1-6H,7,15-16H2,(H,17,18). The number of anilines is 3. The average Bonchev–Trinajstić information content (AvgIpc) is 2.74. The first kappa shape index (κ1) is 10.7. The molecule has 0 fully saturated rings. The number of carbonyl (C=O) groups excluding carboxylic acids is 1. The third-order valence-electron chi connectivity index (χ3n) is 3.17. The molecule has 0 atom stereocenters. The zero-order valence-electron chi connectivity index (χ0n) is 9.73. The van der Waals surface area contributed by atoms with Gasteiger partial charge in [0.25, 0.3) is 0 Å². The molecule has 1 amide bonds. The van der Waals surface area contributed by atoms with Gasteiger partial charge in [-0.25, -0.2) is 0 Å². The molecule has 90 valence electrons. The summed E-state index contributed by atoms with van der Waals surface area (Å²) in [6, 6.07) is 11.3. The fourth-order valence-corrected chi connectivity index (χ4v) is 2.24. The van der Waals surface area contributed by atoms with Crippen molar-refractivity contribution in [2.24, 2.45) is 0 Å². The Bertz CT molecular complexity index is 632. The third kappa shape index (κ3) is 1.59. The number of hydrogen-bond acceptors (Lipinski definition) is 3. The van der Waals surface area contributed by atoms with Gasteiger partial charge in [-0.05, 0) is 23.8 Å². The van der Waals surface area contributed by atoms with Crippen molar-refractivity contribution in [2.75, 3.05) is 16.8 Å². The van der Waals surface area contributed by atoms with E-state index >= 15 is 0 Å². The molecule has 0 spiro atoms. The minimum absolute atomic E-state index is 0.0143. The first-order chi connectivity index (χ1) is 8.65. The van der Waals surface area contributed by atoms with Crippen LogP contribution in [0.3, 0.4) is 0 Å². The van der Waals surface area contributed by atoms with E-state index in [1.165, 1.54) is 0 Å². The number of fused-ring (bicyclic) bond motifs is 1. The summed E-state index contributed by atoms with van der Waals surface area (Å²) >= 11 is 0. The predicted molar refractivity (Wildman–Crippen MR) is 73.0 cm³/mol. The monoisotopic (exact) mass is 239 g/mol. The molecule has 0 saturated heterocycles. The highest BCUT2D eigenvalue weighted by Crippen LogP contribution is 2.38. The molecule has 3 rings (SSSR count). The molecule has 4 nitrogen and oxygen atoms in total. The van der Waals surface area contributed by atoms with Crippen molar-refractivity contribution < 1.29 is 4.79 Å². The van der Waals surface area contributed by atoms with Gasteiger partial charge in [-0.1, -0.05) is 18.2 Å². The third-order valence-corrected chi connectivity index (χ3v) is 3.17. The van der Waals surface area contributed by atoms with Crippen molar-refractivity contribution in [1.82, 2.24) is 0 Å². The van der Waals surface area contributed by atoms with Gasteiger partial charge in [0.1, 0.15) is 0 Å². The maximum Gasteiger partial charge on any atom is 0.228 e. The predicted octanol–water partition coefficient (Wildman–Crippen LogP) is 2.01. The molecule has 0 aliphatic carbocycles. The van der Waals surface area contributed by atoms with Crippen LogP contribution >= 0.6 is 0 Å². The maximum atomic E-state index is 11.5. The van der Waals surface area contributed by atoms with E-state index in [0.29, 0.717) is 12.1 Å². The normalized spacial score (nSPS) is 13.2. The number of rotatable bonds is 1. The summed E-state index contributed by atoms with van der Waals surface area (Å²) in [5.74, 6) is -0.0143. The summed E-state index contributed by atoms with van der Waals surface area (Å²) in [5, 5.41) is 2.87. The maximum absolute atomic E-state index is 11.5. The molecule has 1 aliphatic rings. The zero-order chi connectivity index (χ0) is 12.7. The molecule has 4 heteroatoms. The second-order valence-corrected chi connectivity index (χ2v) is 4.40. The largest absolute Gasteiger partial charge is 0.399 e. The van der Waals surface area contributed by atoms with Crippen LogP contribution in [0.4, 0.5) is 17.1 Å². The molecule has 0 bridgehead atoms. The van der Waals surface area contributed by atoms with E-state index in [2.05, 4.69) is 5.32 Å². The van der Waals surface area contributed by atoms with E-state index in [0.717, 1.165) is 28.1 Å². The van der Waals surface area contributed by atoms with Gasteiger partial charge in [0.15, 0.2) is 0 Å². The van der Waals surface area contributed by atoms with Crippen LogP contribution in [0.5, 0.6) is 0 Å². The zero-order valence-corrected chi connectivity index (χ0v) is 9.73. The topological polar surface area (TPSA) is 81.1 Å². The molecule has 2 aromatic rings. The minimum atomic E-state index is -0.0143. The number of hydrogen-bond donors (Lipinski definition) is 3. The van der Waals surface area contributed by atoms with Gasteiger partial charge in [0, 0.05) is 22.5 Å². The lowest BCUT2D eigenvalue weighted by molar-refractivity contribution is -0.115. The van der Waals surface area contributed by atoms with E-state index in [-0.39, 0.29) is 5.91 Å². The van der Waals surface area contributed by atoms with Gasteiger partial charge in [-0.3, -0.25) is 4.79 Å². The fourth-order valence-electron chi connectivity index (χ4n) is 2.24. The summed E-state index contributed by atoms with van der Waals surface area (Å²) in [6.07, 6.45) is 0.351. The summed E-state index contributed by atoms with van der Waals surface area (Å²) < 4.78 is 0. The highest BCUT2D eigenvalue weighted by atomic mass is 16.1. The van der Waals surface area contributed by atoms with Gasteiger partial charge in [0.2, 0.25) is 5.91 Å². The number of nitrogens with one attached hydrogen (secondary N) is 1. The second-order valence-electron chi connectivity index (χ2n) is 4.40. The van der Waals surface area contributed by atoms with Crippen LogP contribution in [0, 0.1) is 0 Å². The summed E-state index contributed by atoms with van der Waals surface area (Å²) in [5.41, 5.74) is 16.6. The van der Waals surface area contributed by atoms with Crippen LogP contribution in [0.1, 0.15) is 5.56 Å². The fraction of sp³-hybridized carbons (Fsp3) is 0.0714. The number of nitrogens with two attached hydrogens (primary N) is 2. The van der Waals surface area contributed by atoms with Crippen molar-refractivity contribution in [1.29, 1.82) is 0 Å². The Morgan fingerprint density at radius 3 is 2.44 bits per heavy atom. The Labute approximate surface area is 105 Å². The van der Waals surface area contributed by atoms with Gasteiger partial charge >= 0.3 is 0 Å². The molecule has 0 unspecified atom stereocenters. The minimum Gasteiger partial charge on any atom is -0.399 e. The molecule has 0 radical (unpaired) electrons. The Hall–Kier alpha value is -2.49. The van der Waals surface area contributed by atoms with E-state index < -0.39 is 0 Å². The van der Waals surface area contributed by atoms with Gasteiger partial charge in [-0.15, -0.1) is 0 Å². The highest BCUT2D eigenvalue weighted by Gasteiger charge is 2.23. The lowest BCUT2D eigenvalue weighted by Crippen LogP contribution is -2.04. The number of carbonyl (C=O) groups is 1. The van der Waals surface area contributed by atoms with Crippen molar-refractivity contribution in [3.8, 4) is 11.1 Å². The SMILES string of the molecule is Nc1ccc(-c2ccc(N)c3c2NC(=O)C3)cc1. The highest BCUT2D eigenvalue weighted by molar-refractivity contribution is 6.05. The molecule has 1 heterocycles. The Morgan fingerprint density at radius 2 is 1.72 bits per heavy atom. The summed E-state index contributed by atoms with van der Waals surface area (Å²) in [6.45, 7) is 0. The van der Waals surface area contributed by atoms with Crippen molar-refractivity contribution >= 4 is 23.0 Å². The Kier molecular flexibility index (Phi) is 2.23. The van der Waals surface area contributed by atoms with Crippen LogP contribution in [0.2, 0.25) is 0 Å². The lowest BCUT2D eigenvalue weighted by Gasteiger charge is -2.10. The van der Waals surface area contributed by atoms with Gasteiger partial charge in [-0.2, -0.15) is 0 Å². The molecule has 1 aliphatic heterocycles. The quantitative estimate of drug-likeness (QED) is 0.666. The smallest absolute Gasteiger partial charge is 0.228 e. The van der Waals surface area contributed by atoms with Crippen LogP contribution in [-0.4, -0.2) is 5.91 Å². The Balaban J connectivity index is 2.17. The van der Waals surface area contributed by atoms with E-state index in [4.69, 9.17) is 11.5 Å². The average molecular weight is 239 g/mol. The van der Waals surface area contributed by atoms with Gasteiger partial charge < -0.3 is 16.8 Å². The van der Waals surface area contributed by atoms with Gasteiger partial charge in [0.05, 0.1) is 12.1 Å². The first-order valence-corrected chi connectivity index (χ1v) is 5.72. The summed E-state index contributed by atoms with van der Waals surface area (Å²) in [4.78, 5) is 11.5.